The Kier molecular flexibility index (Phi) is 6.45. The van der Waals surface area contributed by atoms with Gasteiger partial charge in [0, 0.05) is 33.8 Å². The molecule has 0 spiro atoms. The number of methoxy groups -OCH3 is 1. The molecule has 1 aromatic carbocycles. The second-order valence-corrected chi connectivity index (χ2v) is 8.75. The maximum absolute atomic E-state index is 10.4. The maximum atomic E-state index is 10.4. The molecule has 7 nitrogen and oxygen atoms in total. The lowest BCUT2D eigenvalue weighted by molar-refractivity contribution is 0.208. The summed E-state index contributed by atoms with van der Waals surface area (Å²) in [7, 11) is 1.57. The number of nitrogens with one attached hydrogen (secondary N) is 1. The minimum atomic E-state index is -0.839. The summed E-state index contributed by atoms with van der Waals surface area (Å²) < 4.78 is 5.06. The van der Waals surface area contributed by atoms with Gasteiger partial charge in [0.2, 0.25) is 5.88 Å². The van der Waals surface area contributed by atoms with Crippen molar-refractivity contribution in [3.63, 3.8) is 0 Å². The van der Waals surface area contributed by atoms with Crippen molar-refractivity contribution >= 4 is 28.2 Å². The van der Waals surface area contributed by atoms with Crippen molar-refractivity contribution in [2.45, 2.75) is 30.0 Å². The molecule has 3 aromatic heterocycles. The number of aryl methyl sites for hydroxylation is 2. The van der Waals surface area contributed by atoms with Gasteiger partial charge in [-0.05, 0) is 49.2 Å². The van der Waals surface area contributed by atoms with Gasteiger partial charge >= 0.3 is 0 Å². The van der Waals surface area contributed by atoms with Gasteiger partial charge < -0.3 is 15.2 Å². The van der Waals surface area contributed by atoms with Gasteiger partial charge in [0.15, 0.2) is 11.4 Å². The van der Waals surface area contributed by atoms with Crippen molar-refractivity contribution in [3.8, 4) is 17.1 Å². The van der Waals surface area contributed by atoms with E-state index in [9.17, 15) is 5.11 Å². The summed E-state index contributed by atoms with van der Waals surface area (Å²) in [6, 6.07) is 7.78. The zero-order valence-corrected chi connectivity index (χ0v) is 18.9. The highest BCUT2D eigenvalue weighted by molar-refractivity contribution is 7.99. The van der Waals surface area contributed by atoms with E-state index < -0.39 is 6.23 Å². The van der Waals surface area contributed by atoms with Crippen molar-refractivity contribution in [1.29, 1.82) is 0 Å². The van der Waals surface area contributed by atoms with Crippen LogP contribution in [-0.2, 0) is 0 Å². The maximum Gasteiger partial charge on any atom is 0.232 e. The third-order valence-electron chi connectivity index (χ3n) is 4.58. The van der Waals surface area contributed by atoms with Gasteiger partial charge in [-0.3, -0.25) is 4.98 Å². The first-order chi connectivity index (χ1) is 15.0. The molecule has 3 heterocycles. The van der Waals surface area contributed by atoms with Crippen LogP contribution >= 0.6 is 23.1 Å². The SMILES string of the molecule is COc1cnc(Sc2cc(C)c(-c3csc(NC(O)c4ccncc4)n3)c(C)c2)cn1. The van der Waals surface area contributed by atoms with Crippen molar-refractivity contribution in [1.82, 2.24) is 19.9 Å². The average Bonchev–Trinajstić information content (AvgIpc) is 3.22. The van der Waals surface area contributed by atoms with Crippen LogP contribution in [0, 0.1) is 13.8 Å². The van der Waals surface area contributed by atoms with E-state index in [4.69, 9.17) is 4.74 Å². The van der Waals surface area contributed by atoms with E-state index in [1.54, 1.807) is 55.8 Å². The van der Waals surface area contributed by atoms with Crippen LogP contribution in [0.5, 0.6) is 5.88 Å². The predicted octanol–water partition coefficient (Wildman–Crippen LogP) is 4.87. The fourth-order valence-corrected chi connectivity index (χ4v) is 4.82. The molecule has 0 bridgehead atoms. The number of rotatable bonds is 7. The Bertz CT molecular complexity index is 1140. The van der Waals surface area contributed by atoms with Gasteiger partial charge in [-0.15, -0.1) is 11.3 Å². The quantitative estimate of drug-likeness (QED) is 0.384. The molecule has 9 heteroatoms. The summed E-state index contributed by atoms with van der Waals surface area (Å²) in [6.07, 6.45) is 5.78. The lowest BCUT2D eigenvalue weighted by atomic mass is 10.0. The number of thiazole rings is 1. The number of hydrogen-bond donors (Lipinski definition) is 2. The van der Waals surface area contributed by atoms with E-state index >= 15 is 0 Å². The normalized spacial score (nSPS) is 11.9. The number of pyridine rings is 1. The first kappa shape index (κ1) is 21.2. The smallest absolute Gasteiger partial charge is 0.232 e. The second kappa shape index (κ2) is 9.42. The first-order valence-corrected chi connectivity index (χ1v) is 11.2. The van der Waals surface area contributed by atoms with Crippen molar-refractivity contribution < 1.29 is 9.84 Å². The number of anilines is 1. The summed E-state index contributed by atoms with van der Waals surface area (Å²) in [5, 5.41) is 16.9. The lowest BCUT2D eigenvalue weighted by Crippen LogP contribution is -2.09. The number of aromatic nitrogens is 4. The van der Waals surface area contributed by atoms with E-state index in [0.29, 0.717) is 11.0 Å². The van der Waals surface area contributed by atoms with Crippen molar-refractivity contribution in [2.75, 3.05) is 12.4 Å². The fourth-order valence-electron chi connectivity index (χ4n) is 3.17. The minimum absolute atomic E-state index is 0.494. The van der Waals surface area contributed by atoms with E-state index in [1.165, 1.54) is 11.3 Å². The van der Waals surface area contributed by atoms with Crippen LogP contribution in [0.15, 0.2) is 64.4 Å². The minimum Gasteiger partial charge on any atom is -0.480 e. The molecule has 0 radical (unpaired) electrons. The topological polar surface area (TPSA) is 93.0 Å². The Hall–Kier alpha value is -3.01. The molecule has 158 valence electrons. The van der Waals surface area contributed by atoms with E-state index in [-0.39, 0.29) is 0 Å². The highest BCUT2D eigenvalue weighted by Crippen LogP contribution is 2.35. The van der Waals surface area contributed by atoms with Gasteiger partial charge in [-0.25, -0.2) is 15.0 Å². The number of nitrogens with zero attached hydrogens (tertiary/aromatic N) is 4. The molecule has 0 aliphatic rings. The van der Waals surface area contributed by atoms with Crippen LogP contribution in [-0.4, -0.2) is 32.2 Å². The van der Waals surface area contributed by atoms with Gasteiger partial charge in [0.1, 0.15) is 5.03 Å². The van der Waals surface area contributed by atoms with Crippen molar-refractivity contribution in [3.05, 3.63) is 71.1 Å². The molecule has 0 amide bonds. The highest BCUT2D eigenvalue weighted by Gasteiger charge is 2.14. The Morgan fingerprint density at radius 3 is 2.48 bits per heavy atom. The number of hydrogen-bond acceptors (Lipinski definition) is 9. The third-order valence-corrected chi connectivity index (χ3v) is 6.25. The molecule has 0 saturated heterocycles. The molecule has 1 atom stereocenters. The Morgan fingerprint density at radius 2 is 1.84 bits per heavy atom. The molecule has 0 fully saturated rings. The van der Waals surface area contributed by atoms with Gasteiger partial charge in [-0.2, -0.15) is 0 Å². The fraction of sp³-hybridized carbons (Fsp3) is 0.182. The highest BCUT2D eigenvalue weighted by atomic mass is 32.2. The average molecular weight is 452 g/mol. The zero-order valence-electron chi connectivity index (χ0n) is 17.2. The number of aliphatic hydroxyl groups is 1. The molecular formula is C22H21N5O2S2. The molecule has 4 rings (SSSR count). The molecule has 1 unspecified atom stereocenters. The molecule has 2 N–H and O–H groups in total. The Balaban J connectivity index is 1.52. The molecule has 0 aliphatic carbocycles. The monoisotopic (exact) mass is 451 g/mol. The Labute approximate surface area is 188 Å². The van der Waals surface area contributed by atoms with Crippen LogP contribution in [0.1, 0.15) is 22.9 Å². The second-order valence-electron chi connectivity index (χ2n) is 6.80. The predicted molar refractivity (Wildman–Crippen MR) is 123 cm³/mol. The number of aliphatic hydroxyl groups excluding tert-OH is 1. The van der Waals surface area contributed by atoms with Gasteiger partial charge in [0.05, 0.1) is 25.2 Å². The van der Waals surface area contributed by atoms with Crippen molar-refractivity contribution in [2.24, 2.45) is 0 Å². The molecule has 4 aromatic rings. The lowest BCUT2D eigenvalue weighted by Gasteiger charge is -2.12. The van der Waals surface area contributed by atoms with Gasteiger partial charge in [0.25, 0.3) is 0 Å². The summed E-state index contributed by atoms with van der Waals surface area (Å²) in [6.45, 7) is 4.15. The molecule has 31 heavy (non-hydrogen) atoms. The van der Waals surface area contributed by atoms with Crippen LogP contribution in [0.4, 0.5) is 5.13 Å². The summed E-state index contributed by atoms with van der Waals surface area (Å²) in [5.74, 6) is 0.494. The molecule has 0 aliphatic heterocycles. The first-order valence-electron chi connectivity index (χ1n) is 9.49. The Morgan fingerprint density at radius 1 is 1.10 bits per heavy atom. The number of ether oxygens (including phenoxy) is 1. The molecular weight excluding hydrogens is 430 g/mol. The largest absolute Gasteiger partial charge is 0.480 e. The van der Waals surface area contributed by atoms with Crippen LogP contribution in [0.2, 0.25) is 0 Å². The zero-order chi connectivity index (χ0) is 21.8. The van der Waals surface area contributed by atoms with E-state index in [2.05, 4.69) is 51.2 Å². The number of benzene rings is 1. The van der Waals surface area contributed by atoms with Crippen LogP contribution < -0.4 is 10.1 Å². The summed E-state index contributed by atoms with van der Waals surface area (Å²) >= 11 is 3.01. The standard InChI is InChI=1S/C22H21N5O2S2/c1-13-8-16(31-19-11-24-18(29-3)10-25-19)9-14(2)20(13)17-12-30-22(26-17)27-21(28)15-4-6-23-7-5-15/h4-12,21,28H,1-3H3,(H,26,27). The van der Waals surface area contributed by atoms with Crippen LogP contribution in [0.3, 0.4) is 0 Å². The van der Waals surface area contributed by atoms with E-state index in [0.717, 1.165) is 37.9 Å². The van der Waals surface area contributed by atoms with E-state index in [1.807, 2.05) is 5.38 Å². The van der Waals surface area contributed by atoms with Crippen LogP contribution in [0.25, 0.3) is 11.3 Å². The summed E-state index contributed by atoms with van der Waals surface area (Å²) in [4.78, 5) is 18.3. The summed E-state index contributed by atoms with van der Waals surface area (Å²) in [5.41, 5.74) is 4.95. The molecule has 0 saturated carbocycles. The third kappa shape index (κ3) is 5.01. The van der Waals surface area contributed by atoms with Gasteiger partial charge in [-0.1, -0.05) is 11.8 Å².